The number of H-pyrrole nitrogens is 2. The zero-order valence-electron chi connectivity index (χ0n) is 62.2. The molecule has 4 aromatic carbocycles. The van der Waals surface area contributed by atoms with Gasteiger partial charge >= 0.3 is 23.9 Å². The summed E-state index contributed by atoms with van der Waals surface area (Å²) in [5.41, 5.74) is 3.70. The number of amides is 6. The molecule has 2 saturated heterocycles. The van der Waals surface area contributed by atoms with Crippen LogP contribution in [0.4, 0.5) is 11.4 Å². The first-order valence-corrected chi connectivity index (χ1v) is 34.8. The van der Waals surface area contributed by atoms with Crippen LogP contribution in [-0.2, 0) is 47.8 Å². The summed E-state index contributed by atoms with van der Waals surface area (Å²) in [5.74, 6) is -7.06. The number of hydrazine groups is 2. The molecule has 3 aliphatic rings. The number of carbonyl (C=O) groups is 10. The number of fused-ring (bicyclic) bond motifs is 5. The zero-order valence-corrected chi connectivity index (χ0v) is 62.2. The Bertz CT molecular complexity index is 4620. The second-order valence-corrected chi connectivity index (χ2v) is 28.3. The van der Waals surface area contributed by atoms with Crippen LogP contribution in [-0.4, -0.2) is 159 Å². The summed E-state index contributed by atoms with van der Waals surface area (Å²) >= 11 is 0. The number of nitro benzene ring substituents is 2. The molecule has 108 heavy (non-hydrogen) atoms. The SMILES string of the molecule is CC(C)[C@@H]1NC(=O)C(C)(C)/C=C/c2ccc3c(=O)[nH]c(nc3c2)[C@@H](C)OC(=O)C2CCCN(N2)C(=O)[C@H](C)NC1=O.CC(C)[C@H](NC(=O)C(C)(C)/C=C/c1ccc2c(=O)[nH]c([C@@H](C)O)nc2c1)C(=O)N[C@@H](C)C(=O)N1CCC[C@@H](C(=O)O)N1.Cc1cccc([N+](=O)[O-])c1C(=O)OC(=O)c1c(C)cccc1[N+](=O)[O-]. The number of esters is 3. The van der Waals surface area contributed by atoms with Crippen LogP contribution in [0.15, 0.2) is 94.5 Å². The van der Waals surface area contributed by atoms with Crippen LogP contribution >= 0.6 is 0 Å². The van der Waals surface area contributed by atoms with Gasteiger partial charge in [-0.05, 0) is 153 Å². The molecule has 9 rings (SSSR count). The number of carboxylic acids is 1. The van der Waals surface area contributed by atoms with Gasteiger partial charge in [-0.1, -0.05) is 88.4 Å². The number of aromatic amines is 2. The van der Waals surface area contributed by atoms with Crippen molar-refractivity contribution in [2.45, 2.75) is 171 Å². The van der Waals surface area contributed by atoms with E-state index in [2.05, 4.69) is 56.8 Å². The topological polar surface area (TPSA) is 486 Å². The summed E-state index contributed by atoms with van der Waals surface area (Å²) in [5, 5.41) is 55.4. The van der Waals surface area contributed by atoms with Gasteiger partial charge in [0.25, 0.3) is 34.3 Å². The van der Waals surface area contributed by atoms with Crippen molar-refractivity contribution in [1.82, 2.24) is 62.1 Å². The van der Waals surface area contributed by atoms with Crippen LogP contribution in [0.5, 0.6) is 0 Å². The summed E-state index contributed by atoms with van der Waals surface area (Å²) in [7, 11) is 0. The highest BCUT2D eigenvalue weighted by molar-refractivity contribution is 6.07. The fourth-order valence-electron chi connectivity index (χ4n) is 11.5. The van der Waals surface area contributed by atoms with Crippen LogP contribution in [0, 0.1) is 56.7 Å². The molecule has 6 amide bonds. The Kier molecular flexibility index (Phi) is 27.5. The molecule has 0 spiro atoms. The molecule has 10 N–H and O–H groups in total. The lowest BCUT2D eigenvalue weighted by atomic mass is 9.89. The average molecular weight is 1500 g/mol. The van der Waals surface area contributed by atoms with E-state index >= 15 is 0 Å². The quantitative estimate of drug-likeness (QED) is 0.0241. The molecule has 34 nitrogen and oxygen atoms in total. The van der Waals surface area contributed by atoms with Gasteiger partial charge in [0.05, 0.1) is 42.5 Å². The molecular formula is C74H90N14O20. The lowest BCUT2D eigenvalue weighted by molar-refractivity contribution is -0.385. The van der Waals surface area contributed by atoms with Gasteiger partial charge in [0.15, 0.2) is 11.9 Å². The van der Waals surface area contributed by atoms with Gasteiger partial charge in [-0.15, -0.1) is 0 Å². The van der Waals surface area contributed by atoms with E-state index in [4.69, 9.17) is 4.74 Å². The van der Waals surface area contributed by atoms with Gasteiger partial charge in [-0.2, -0.15) is 0 Å². The zero-order chi connectivity index (χ0) is 80.1. The lowest BCUT2D eigenvalue weighted by Gasteiger charge is -2.35. The summed E-state index contributed by atoms with van der Waals surface area (Å²) in [6, 6.07) is 12.6. The molecule has 0 radical (unpaired) electrons. The van der Waals surface area contributed by atoms with E-state index in [-0.39, 0.29) is 62.8 Å². The first kappa shape index (κ1) is 83.5. The minimum Gasteiger partial charge on any atom is -0.480 e. The molecule has 2 fully saturated rings. The largest absolute Gasteiger partial charge is 0.480 e. The van der Waals surface area contributed by atoms with E-state index in [0.29, 0.717) is 71.7 Å². The smallest absolute Gasteiger partial charge is 0.353 e. The number of ether oxygens (including phenoxy) is 2. The van der Waals surface area contributed by atoms with Crippen LogP contribution in [0.3, 0.4) is 0 Å². The van der Waals surface area contributed by atoms with Gasteiger partial charge in [-0.3, -0.25) is 78.2 Å². The predicted octanol–water partition coefficient (Wildman–Crippen LogP) is 6.08. The number of cyclic esters (lactones) is 1. The minimum atomic E-state index is -1.24. The van der Waals surface area contributed by atoms with Gasteiger partial charge in [0, 0.05) is 25.2 Å². The van der Waals surface area contributed by atoms with Crippen LogP contribution in [0.2, 0.25) is 0 Å². The van der Waals surface area contributed by atoms with E-state index in [9.17, 15) is 88.0 Å². The Balaban J connectivity index is 0.000000233. The van der Waals surface area contributed by atoms with E-state index < -0.39 is 134 Å². The predicted molar refractivity (Wildman–Crippen MR) is 393 cm³/mol. The van der Waals surface area contributed by atoms with Crippen molar-refractivity contribution in [2.75, 3.05) is 13.1 Å². The number of nitro groups is 2. The van der Waals surface area contributed by atoms with Crippen LogP contribution < -0.4 is 43.2 Å². The molecule has 0 aliphatic carbocycles. The highest BCUT2D eigenvalue weighted by Crippen LogP contribution is 2.29. The number of aliphatic hydroxyl groups is 1. The number of nitrogens with one attached hydrogen (secondary N) is 8. The third-order valence-electron chi connectivity index (χ3n) is 18.0. The molecular weight excluding hydrogens is 1400 g/mol. The van der Waals surface area contributed by atoms with Crippen molar-refractivity contribution in [3.8, 4) is 0 Å². The molecule has 2 aromatic heterocycles. The van der Waals surface area contributed by atoms with E-state index in [1.807, 2.05) is 13.8 Å². The maximum absolute atomic E-state index is 13.3. The summed E-state index contributed by atoms with van der Waals surface area (Å²) in [4.78, 5) is 188. The van der Waals surface area contributed by atoms with Crippen molar-refractivity contribution < 1.29 is 77.5 Å². The second-order valence-electron chi connectivity index (χ2n) is 28.3. The number of hydrogen-bond donors (Lipinski definition) is 10. The minimum absolute atomic E-state index is 0.152. The highest BCUT2D eigenvalue weighted by Gasteiger charge is 2.39. The molecule has 34 heteroatoms. The van der Waals surface area contributed by atoms with Crippen molar-refractivity contribution in [1.29, 1.82) is 0 Å². The van der Waals surface area contributed by atoms with E-state index in [0.717, 1.165) is 12.1 Å². The van der Waals surface area contributed by atoms with Crippen molar-refractivity contribution in [3.63, 3.8) is 0 Å². The fraction of sp³-hybridized carbons (Fsp3) is 0.432. The molecule has 6 aromatic rings. The molecule has 0 saturated carbocycles. The Morgan fingerprint density at radius 2 is 1.34 bits per heavy atom. The second kappa shape index (κ2) is 35.5. The number of benzene rings is 4. The standard InChI is InChI=1S/C29H40N6O7.C29H38N6O6.C16H12N2O7/c1-15(2)22(25(38)30-16(3)26(39)35-13-7-8-20(34-35)27(40)41)32-28(42)29(5,6)12-11-18-9-10-19-21(14-18)31-23(17(4)36)33-24(19)37;1-15(2)22-25(37)30-16(3)26(38)35-13-7-8-20(34-35)27(39)41-17(4)23-31-21-14-18(9-10-19(21)24(36)33-23)11-12-29(5,6)28(40)32-22;1-9-5-3-7-11(17(21)22)13(9)15(19)25-16(20)14-10(2)6-4-8-12(14)18(23)24/h9-12,14-17,20,22,34,36H,7-8,13H2,1-6H3,(H,30,38)(H,32,42)(H,40,41)(H,31,33,37);9-12,14-17,20,22,34H,7-8,13H2,1-6H3,(H,30,37)(H,32,40)(H,31,33,36);3-8H,1-2H3/b2*12-11+;/t16-,17+,20-,22-;16-,17+,20?,22-;/m00./s1. The number of aryl methyl sites for hydroxylation is 2. The number of hydrogen-bond acceptors (Lipinski definition) is 23. The van der Waals surface area contributed by atoms with Gasteiger partial charge in [-0.25, -0.2) is 30.4 Å². The highest BCUT2D eigenvalue weighted by atomic mass is 16.6. The fourth-order valence-corrected chi connectivity index (χ4v) is 11.5. The number of carbonyl (C=O) groups excluding carboxylic acids is 9. The Hall–Kier alpha value is -11.8. The van der Waals surface area contributed by atoms with Crippen LogP contribution in [0.1, 0.15) is 176 Å². The molecule has 5 heterocycles. The number of aromatic nitrogens is 4. The summed E-state index contributed by atoms with van der Waals surface area (Å²) in [6.07, 6.45) is 6.92. The molecule has 576 valence electrons. The Morgan fingerprint density at radius 1 is 0.759 bits per heavy atom. The number of rotatable bonds is 15. The Labute approximate surface area is 619 Å². The number of aliphatic hydroxyl groups excluding tert-OH is 1. The number of aliphatic carboxylic acids is 1. The van der Waals surface area contributed by atoms with Crippen LogP contribution in [0.25, 0.3) is 34.0 Å². The van der Waals surface area contributed by atoms with Crippen molar-refractivity contribution in [3.05, 3.63) is 171 Å². The summed E-state index contributed by atoms with van der Waals surface area (Å²) < 4.78 is 10.3. The molecule has 8 atom stereocenters. The average Bonchev–Trinajstić information content (AvgIpc) is 0.878. The van der Waals surface area contributed by atoms with Gasteiger partial charge < -0.3 is 50.9 Å². The van der Waals surface area contributed by atoms with Gasteiger partial charge in [0.2, 0.25) is 23.6 Å². The first-order valence-electron chi connectivity index (χ1n) is 34.8. The molecule has 3 aliphatic heterocycles. The lowest BCUT2D eigenvalue weighted by Crippen LogP contribution is -2.61. The van der Waals surface area contributed by atoms with E-state index in [1.54, 1.807) is 116 Å². The molecule has 1 unspecified atom stereocenters. The summed E-state index contributed by atoms with van der Waals surface area (Å²) in [6.45, 7) is 23.7. The maximum atomic E-state index is 13.3. The van der Waals surface area contributed by atoms with Crippen molar-refractivity contribution >= 4 is 105 Å². The van der Waals surface area contributed by atoms with Gasteiger partial charge in [0.1, 0.15) is 59.3 Å². The Morgan fingerprint density at radius 3 is 1.92 bits per heavy atom. The first-order chi connectivity index (χ1) is 50.6. The third kappa shape index (κ3) is 20.8. The molecule has 5 bridgehead atoms. The maximum Gasteiger partial charge on any atom is 0.353 e. The normalized spacial score (nSPS) is 19.6. The number of carboxylic acid groups (broad SMARTS) is 1. The van der Waals surface area contributed by atoms with E-state index in [1.165, 1.54) is 62.0 Å². The third-order valence-corrected chi connectivity index (χ3v) is 18.0. The van der Waals surface area contributed by atoms with Crippen molar-refractivity contribution in [2.24, 2.45) is 22.7 Å². The monoisotopic (exact) mass is 1490 g/mol. The number of nitrogens with zero attached hydrogens (tertiary/aromatic N) is 6.